The van der Waals surface area contributed by atoms with Crippen LogP contribution in [0.3, 0.4) is 0 Å². The molecule has 2 aliphatic heterocycles. The predicted molar refractivity (Wildman–Crippen MR) is 128 cm³/mol. The van der Waals surface area contributed by atoms with Crippen molar-refractivity contribution in [1.29, 1.82) is 0 Å². The van der Waals surface area contributed by atoms with Gasteiger partial charge in [-0.3, -0.25) is 9.69 Å². The van der Waals surface area contributed by atoms with Gasteiger partial charge in [0, 0.05) is 30.4 Å². The number of likely N-dealkylation sites (tertiary alicyclic amines) is 1. The highest BCUT2D eigenvalue weighted by atomic mass is 32.2. The second kappa shape index (κ2) is 10.0. The van der Waals surface area contributed by atoms with Gasteiger partial charge in [0.1, 0.15) is 0 Å². The van der Waals surface area contributed by atoms with Crippen molar-refractivity contribution in [2.45, 2.75) is 50.5 Å². The lowest BCUT2D eigenvalue weighted by atomic mass is 9.97. The number of aryl methyl sites for hydroxylation is 2. The van der Waals surface area contributed by atoms with Gasteiger partial charge in [-0.2, -0.15) is 4.31 Å². The van der Waals surface area contributed by atoms with Crippen molar-refractivity contribution < 1.29 is 13.2 Å². The summed E-state index contributed by atoms with van der Waals surface area (Å²) < 4.78 is 27.6. The third kappa shape index (κ3) is 5.09. The lowest BCUT2D eigenvalue weighted by Gasteiger charge is -2.32. The van der Waals surface area contributed by atoms with Gasteiger partial charge in [0.05, 0.1) is 10.9 Å². The lowest BCUT2D eigenvalue weighted by molar-refractivity contribution is -0.126. The maximum atomic E-state index is 13.0. The second-order valence-corrected chi connectivity index (χ2v) is 11.9. The molecule has 8 heteroatoms. The van der Waals surface area contributed by atoms with Crippen molar-refractivity contribution in [3.05, 3.63) is 51.7 Å². The highest BCUT2D eigenvalue weighted by Gasteiger charge is 2.33. The molecule has 1 N–H and O–H groups in total. The normalized spacial score (nSPS) is 19.8. The number of rotatable bonds is 7. The molecule has 2 saturated heterocycles. The number of benzene rings is 1. The van der Waals surface area contributed by atoms with E-state index >= 15 is 0 Å². The Labute approximate surface area is 195 Å². The Hall–Kier alpha value is -1.74. The van der Waals surface area contributed by atoms with Crippen LogP contribution in [0.15, 0.2) is 40.6 Å². The number of nitrogens with one attached hydrogen (secondary N) is 1. The van der Waals surface area contributed by atoms with Gasteiger partial charge in [-0.25, -0.2) is 8.42 Å². The number of piperidine rings is 1. The van der Waals surface area contributed by atoms with Gasteiger partial charge >= 0.3 is 0 Å². The molecule has 0 saturated carbocycles. The van der Waals surface area contributed by atoms with Gasteiger partial charge in [0.25, 0.3) is 0 Å². The number of nitrogens with zero attached hydrogens (tertiary/aromatic N) is 2. The average molecular weight is 476 g/mol. The van der Waals surface area contributed by atoms with Crippen LogP contribution < -0.4 is 5.32 Å². The summed E-state index contributed by atoms with van der Waals surface area (Å²) in [7, 11) is -3.52. The molecule has 1 atom stereocenters. The minimum Gasteiger partial charge on any atom is -0.354 e. The molecule has 32 heavy (non-hydrogen) atoms. The molecule has 1 aromatic heterocycles. The van der Waals surface area contributed by atoms with Crippen LogP contribution in [-0.4, -0.2) is 56.3 Å². The molecule has 2 fully saturated rings. The summed E-state index contributed by atoms with van der Waals surface area (Å²) in [5.41, 5.74) is 2.05. The van der Waals surface area contributed by atoms with Gasteiger partial charge in [0.15, 0.2) is 0 Å². The van der Waals surface area contributed by atoms with Gasteiger partial charge in [-0.15, -0.1) is 11.3 Å². The standard InChI is InChI=1S/C24H33N3O3S2/c1-18-7-8-21(16-19(18)2)32(29,30)27-13-9-20(10-14-27)24(28)25-17-22(23-6-5-15-31-23)26-11-3-4-12-26/h5-8,15-16,20,22H,3-4,9-14,17H2,1-2H3,(H,25,28). The van der Waals surface area contributed by atoms with E-state index in [9.17, 15) is 13.2 Å². The van der Waals surface area contributed by atoms with Gasteiger partial charge in [-0.1, -0.05) is 12.1 Å². The average Bonchev–Trinajstić information content (AvgIpc) is 3.51. The summed E-state index contributed by atoms with van der Waals surface area (Å²) in [6.07, 6.45) is 3.54. The van der Waals surface area contributed by atoms with Crippen molar-refractivity contribution in [3.8, 4) is 0 Å². The van der Waals surface area contributed by atoms with Crippen molar-refractivity contribution in [1.82, 2.24) is 14.5 Å². The number of hydrogen-bond acceptors (Lipinski definition) is 5. The Morgan fingerprint density at radius 1 is 1.09 bits per heavy atom. The summed E-state index contributed by atoms with van der Waals surface area (Å²) >= 11 is 1.74. The molecule has 6 nitrogen and oxygen atoms in total. The van der Waals surface area contributed by atoms with Crippen LogP contribution in [0.5, 0.6) is 0 Å². The van der Waals surface area contributed by atoms with Crippen LogP contribution in [0.2, 0.25) is 0 Å². The first-order valence-corrected chi connectivity index (χ1v) is 13.8. The van der Waals surface area contributed by atoms with Crippen molar-refractivity contribution in [3.63, 3.8) is 0 Å². The molecule has 2 aromatic rings. The minimum atomic E-state index is -3.52. The lowest BCUT2D eigenvalue weighted by Crippen LogP contribution is -2.44. The van der Waals surface area contributed by atoms with Crippen LogP contribution in [-0.2, 0) is 14.8 Å². The number of carbonyl (C=O) groups excluding carboxylic acids is 1. The molecular weight excluding hydrogens is 442 g/mol. The van der Waals surface area contributed by atoms with Gasteiger partial charge < -0.3 is 5.32 Å². The van der Waals surface area contributed by atoms with Gasteiger partial charge in [-0.05, 0) is 87.3 Å². The Kier molecular flexibility index (Phi) is 7.34. The van der Waals surface area contributed by atoms with Crippen molar-refractivity contribution >= 4 is 27.3 Å². The van der Waals surface area contributed by atoms with E-state index in [4.69, 9.17) is 0 Å². The van der Waals surface area contributed by atoms with E-state index in [-0.39, 0.29) is 17.9 Å². The summed E-state index contributed by atoms with van der Waals surface area (Å²) in [6.45, 7) is 7.43. The largest absolute Gasteiger partial charge is 0.354 e. The molecule has 0 aliphatic carbocycles. The van der Waals surface area contributed by atoms with E-state index in [0.29, 0.717) is 37.4 Å². The number of hydrogen-bond donors (Lipinski definition) is 1. The number of amides is 1. The predicted octanol–water partition coefficient (Wildman–Crippen LogP) is 3.72. The van der Waals surface area contributed by atoms with Gasteiger partial charge in [0.2, 0.25) is 15.9 Å². The quantitative estimate of drug-likeness (QED) is 0.663. The van der Waals surface area contributed by atoms with Crippen LogP contribution in [0.4, 0.5) is 0 Å². The zero-order valence-corrected chi connectivity index (χ0v) is 20.6. The van der Waals surface area contributed by atoms with E-state index < -0.39 is 10.0 Å². The third-order valence-corrected chi connectivity index (χ3v) is 9.73. The molecule has 2 aliphatic rings. The highest BCUT2D eigenvalue weighted by Crippen LogP contribution is 2.29. The first-order chi connectivity index (χ1) is 15.4. The molecule has 0 spiro atoms. The van der Waals surface area contributed by atoms with E-state index in [1.54, 1.807) is 23.5 Å². The van der Waals surface area contributed by atoms with Crippen LogP contribution in [0.25, 0.3) is 0 Å². The monoisotopic (exact) mass is 475 g/mol. The maximum absolute atomic E-state index is 13.0. The SMILES string of the molecule is Cc1ccc(S(=O)(=O)N2CCC(C(=O)NCC(c3cccs3)N3CCCC3)CC2)cc1C. The smallest absolute Gasteiger partial charge is 0.243 e. The maximum Gasteiger partial charge on any atom is 0.243 e. The molecule has 174 valence electrons. The summed E-state index contributed by atoms with van der Waals surface area (Å²) in [5.74, 6) is -0.0854. The Morgan fingerprint density at radius 3 is 2.44 bits per heavy atom. The summed E-state index contributed by atoms with van der Waals surface area (Å²) in [6, 6.07) is 9.72. The summed E-state index contributed by atoms with van der Waals surface area (Å²) in [5, 5.41) is 5.26. The fourth-order valence-corrected chi connectivity index (χ4v) is 7.08. The molecular formula is C24H33N3O3S2. The fraction of sp³-hybridized carbons (Fsp3) is 0.542. The Morgan fingerprint density at radius 2 is 1.81 bits per heavy atom. The number of sulfonamides is 1. The number of thiophene rings is 1. The first kappa shape index (κ1) is 23.4. The van der Waals surface area contributed by atoms with Crippen LogP contribution >= 0.6 is 11.3 Å². The van der Waals surface area contributed by atoms with Crippen LogP contribution in [0, 0.1) is 19.8 Å². The molecule has 0 bridgehead atoms. The summed E-state index contributed by atoms with van der Waals surface area (Å²) in [4.78, 5) is 17.0. The van der Waals surface area contributed by atoms with E-state index in [0.717, 1.165) is 24.2 Å². The molecule has 1 amide bonds. The Bertz CT molecular complexity index is 1020. The zero-order valence-electron chi connectivity index (χ0n) is 18.9. The zero-order chi connectivity index (χ0) is 22.7. The van der Waals surface area contributed by atoms with E-state index in [1.807, 2.05) is 19.9 Å². The minimum absolute atomic E-state index is 0.0500. The highest BCUT2D eigenvalue weighted by molar-refractivity contribution is 7.89. The molecule has 0 radical (unpaired) electrons. The van der Waals surface area contributed by atoms with Crippen LogP contribution in [0.1, 0.15) is 47.7 Å². The molecule has 1 aromatic carbocycles. The van der Waals surface area contributed by atoms with Crippen molar-refractivity contribution in [2.75, 3.05) is 32.7 Å². The molecule has 4 rings (SSSR count). The molecule has 1 unspecified atom stereocenters. The van der Waals surface area contributed by atoms with E-state index in [1.165, 1.54) is 22.0 Å². The van der Waals surface area contributed by atoms with E-state index in [2.05, 4.69) is 27.7 Å². The fourth-order valence-electron chi connectivity index (χ4n) is 4.67. The molecule has 3 heterocycles. The van der Waals surface area contributed by atoms with Crippen molar-refractivity contribution in [2.24, 2.45) is 5.92 Å². The second-order valence-electron chi connectivity index (χ2n) is 8.94. The topological polar surface area (TPSA) is 69.7 Å². The number of carbonyl (C=O) groups is 1. The first-order valence-electron chi connectivity index (χ1n) is 11.5. The Balaban J connectivity index is 1.33. The third-order valence-electron chi connectivity index (χ3n) is 6.86.